The van der Waals surface area contributed by atoms with Crippen LogP contribution in [0.5, 0.6) is 0 Å². The molecule has 1 atom stereocenters. The maximum absolute atomic E-state index is 13.4. The summed E-state index contributed by atoms with van der Waals surface area (Å²) in [6.45, 7) is 0.475. The van der Waals surface area contributed by atoms with Crippen LogP contribution in [-0.4, -0.2) is 12.7 Å². The van der Waals surface area contributed by atoms with Crippen molar-refractivity contribution in [1.29, 1.82) is 0 Å². The van der Waals surface area contributed by atoms with Gasteiger partial charge in [0.05, 0.1) is 12.7 Å². The maximum atomic E-state index is 13.4. The van der Waals surface area contributed by atoms with Gasteiger partial charge in [0.15, 0.2) is 0 Å². The van der Waals surface area contributed by atoms with Gasteiger partial charge in [-0.25, -0.2) is 8.78 Å². The van der Waals surface area contributed by atoms with E-state index in [-0.39, 0.29) is 18.1 Å². The molecule has 0 aliphatic carbocycles. The van der Waals surface area contributed by atoms with E-state index < -0.39 is 5.92 Å². The Labute approximate surface area is 75.3 Å². The van der Waals surface area contributed by atoms with Gasteiger partial charge in [0, 0.05) is 12.0 Å². The van der Waals surface area contributed by atoms with Crippen molar-refractivity contribution in [3.8, 4) is 0 Å². The van der Waals surface area contributed by atoms with E-state index >= 15 is 0 Å². The molecular weight excluding hydrogens is 174 g/mol. The van der Waals surface area contributed by atoms with E-state index in [1.165, 1.54) is 12.1 Å². The molecule has 1 aliphatic heterocycles. The summed E-state index contributed by atoms with van der Waals surface area (Å²) in [5.74, 6) is -2.75. The highest BCUT2D eigenvalue weighted by atomic mass is 19.3. The van der Waals surface area contributed by atoms with Crippen LogP contribution in [0, 0.1) is 0 Å². The molecule has 1 nitrogen and oxygen atoms in total. The van der Waals surface area contributed by atoms with Crippen molar-refractivity contribution in [1.82, 2.24) is 0 Å². The molecule has 0 bridgehead atoms. The third-order valence-corrected chi connectivity index (χ3v) is 2.08. The molecule has 1 aromatic carbocycles. The summed E-state index contributed by atoms with van der Waals surface area (Å²) < 4.78 is 31.5. The Hall–Kier alpha value is -0.960. The van der Waals surface area contributed by atoms with Gasteiger partial charge in [-0.3, -0.25) is 0 Å². The molecular formula is C10H10F2O. The SMILES string of the molecule is FC(F)(CC1CO1)c1ccccc1. The van der Waals surface area contributed by atoms with Gasteiger partial charge >= 0.3 is 0 Å². The Kier molecular flexibility index (Phi) is 2.04. The number of ether oxygens (including phenoxy) is 1. The van der Waals surface area contributed by atoms with Crippen molar-refractivity contribution >= 4 is 0 Å². The van der Waals surface area contributed by atoms with Crippen LogP contribution in [0.4, 0.5) is 8.78 Å². The lowest BCUT2D eigenvalue weighted by Crippen LogP contribution is -2.15. The molecule has 0 amide bonds. The minimum atomic E-state index is -2.75. The highest BCUT2D eigenvalue weighted by Gasteiger charge is 2.39. The number of halogens is 2. The van der Waals surface area contributed by atoms with Gasteiger partial charge in [-0.15, -0.1) is 0 Å². The fourth-order valence-corrected chi connectivity index (χ4v) is 1.27. The van der Waals surface area contributed by atoms with E-state index in [0.29, 0.717) is 6.61 Å². The molecule has 13 heavy (non-hydrogen) atoms. The van der Waals surface area contributed by atoms with Crippen LogP contribution in [0.1, 0.15) is 12.0 Å². The zero-order valence-corrected chi connectivity index (χ0v) is 7.04. The first-order valence-corrected chi connectivity index (χ1v) is 4.23. The van der Waals surface area contributed by atoms with E-state index in [1.54, 1.807) is 18.2 Å². The van der Waals surface area contributed by atoms with E-state index in [1.807, 2.05) is 0 Å². The van der Waals surface area contributed by atoms with Crippen LogP contribution in [-0.2, 0) is 10.7 Å². The molecule has 1 saturated heterocycles. The molecule has 1 unspecified atom stereocenters. The molecule has 0 radical (unpaired) electrons. The molecule has 0 saturated carbocycles. The summed E-state index contributed by atoms with van der Waals surface area (Å²) in [5, 5.41) is 0. The second-order valence-corrected chi connectivity index (χ2v) is 3.23. The zero-order chi connectivity index (χ0) is 9.31. The quantitative estimate of drug-likeness (QED) is 0.658. The second kappa shape index (κ2) is 3.07. The Morgan fingerprint density at radius 1 is 1.31 bits per heavy atom. The van der Waals surface area contributed by atoms with Gasteiger partial charge in [0.25, 0.3) is 5.92 Å². The van der Waals surface area contributed by atoms with Gasteiger partial charge in [-0.05, 0) is 0 Å². The average molecular weight is 184 g/mol. The van der Waals surface area contributed by atoms with Crippen LogP contribution in [0.25, 0.3) is 0 Å². The highest BCUT2D eigenvalue weighted by molar-refractivity contribution is 5.20. The summed E-state index contributed by atoms with van der Waals surface area (Å²) in [5.41, 5.74) is 0.0745. The highest BCUT2D eigenvalue weighted by Crippen LogP contribution is 2.36. The minimum absolute atomic E-state index is 0.0745. The van der Waals surface area contributed by atoms with Gasteiger partial charge in [0.2, 0.25) is 0 Å². The first-order valence-electron chi connectivity index (χ1n) is 4.23. The summed E-state index contributed by atoms with van der Waals surface area (Å²) in [4.78, 5) is 0. The fraction of sp³-hybridized carbons (Fsp3) is 0.400. The Morgan fingerprint density at radius 3 is 2.46 bits per heavy atom. The molecule has 0 aromatic heterocycles. The van der Waals surface area contributed by atoms with E-state index in [4.69, 9.17) is 4.74 Å². The van der Waals surface area contributed by atoms with Crippen molar-refractivity contribution in [3.05, 3.63) is 35.9 Å². The first kappa shape index (κ1) is 8.63. The number of hydrogen-bond donors (Lipinski definition) is 0. The van der Waals surface area contributed by atoms with Crippen molar-refractivity contribution in [2.45, 2.75) is 18.4 Å². The maximum Gasteiger partial charge on any atom is 0.275 e. The van der Waals surface area contributed by atoms with Crippen molar-refractivity contribution < 1.29 is 13.5 Å². The number of rotatable bonds is 3. The number of alkyl halides is 2. The molecule has 1 aromatic rings. The molecule has 1 heterocycles. The van der Waals surface area contributed by atoms with Crippen LogP contribution in [0.3, 0.4) is 0 Å². The van der Waals surface area contributed by atoms with Gasteiger partial charge in [-0.1, -0.05) is 30.3 Å². The fourth-order valence-electron chi connectivity index (χ4n) is 1.27. The van der Waals surface area contributed by atoms with Crippen molar-refractivity contribution in [3.63, 3.8) is 0 Å². The number of epoxide rings is 1. The van der Waals surface area contributed by atoms with E-state index in [2.05, 4.69) is 0 Å². The summed E-state index contributed by atoms with van der Waals surface area (Å²) >= 11 is 0. The number of benzene rings is 1. The van der Waals surface area contributed by atoms with Crippen LogP contribution >= 0.6 is 0 Å². The average Bonchev–Trinajstić information content (AvgIpc) is 2.89. The van der Waals surface area contributed by atoms with Gasteiger partial charge < -0.3 is 4.74 Å². The second-order valence-electron chi connectivity index (χ2n) is 3.23. The van der Waals surface area contributed by atoms with Gasteiger partial charge in [0.1, 0.15) is 0 Å². The smallest absolute Gasteiger partial charge is 0.275 e. The predicted molar refractivity (Wildman–Crippen MR) is 44.7 cm³/mol. The normalized spacial score (nSPS) is 21.5. The predicted octanol–water partition coefficient (Wildman–Crippen LogP) is 2.57. The standard InChI is InChI=1S/C10H10F2O/c11-10(12,6-9-7-13-9)8-4-2-1-3-5-8/h1-5,9H,6-7H2. The first-order chi connectivity index (χ1) is 6.18. The zero-order valence-electron chi connectivity index (χ0n) is 7.04. The van der Waals surface area contributed by atoms with Gasteiger partial charge in [-0.2, -0.15) is 0 Å². The molecule has 70 valence electrons. The summed E-state index contributed by atoms with van der Waals surface area (Å²) in [7, 11) is 0. The van der Waals surface area contributed by atoms with Crippen molar-refractivity contribution in [2.75, 3.05) is 6.61 Å². The Morgan fingerprint density at radius 2 is 1.92 bits per heavy atom. The van der Waals surface area contributed by atoms with E-state index in [9.17, 15) is 8.78 Å². The molecule has 3 heteroatoms. The lowest BCUT2D eigenvalue weighted by molar-refractivity contribution is -0.0198. The Bertz CT molecular complexity index is 280. The minimum Gasteiger partial charge on any atom is -0.373 e. The topological polar surface area (TPSA) is 12.5 Å². The van der Waals surface area contributed by atoms with Crippen molar-refractivity contribution in [2.24, 2.45) is 0 Å². The van der Waals surface area contributed by atoms with Crippen LogP contribution in [0.15, 0.2) is 30.3 Å². The monoisotopic (exact) mass is 184 g/mol. The lowest BCUT2D eigenvalue weighted by atomic mass is 10.0. The molecule has 0 spiro atoms. The summed E-state index contributed by atoms with van der Waals surface area (Å²) in [6, 6.07) is 7.87. The summed E-state index contributed by atoms with van der Waals surface area (Å²) in [6.07, 6.45) is -0.438. The molecule has 1 fully saturated rings. The third kappa shape index (κ3) is 2.04. The molecule has 1 aliphatic rings. The largest absolute Gasteiger partial charge is 0.373 e. The third-order valence-electron chi connectivity index (χ3n) is 2.08. The number of hydrogen-bond acceptors (Lipinski definition) is 1. The molecule has 2 rings (SSSR count). The molecule has 0 N–H and O–H groups in total. The van der Waals surface area contributed by atoms with Crippen LogP contribution < -0.4 is 0 Å². The Balaban J connectivity index is 2.12. The van der Waals surface area contributed by atoms with Crippen LogP contribution in [0.2, 0.25) is 0 Å². The van der Waals surface area contributed by atoms with E-state index in [0.717, 1.165) is 0 Å². The lowest BCUT2D eigenvalue weighted by Gasteiger charge is -2.14.